The fourth-order valence-corrected chi connectivity index (χ4v) is 0.546. The first-order chi connectivity index (χ1) is 3.50. The van der Waals surface area contributed by atoms with Gasteiger partial charge in [0, 0.05) is 6.42 Å². The van der Waals surface area contributed by atoms with E-state index >= 15 is 0 Å². The highest BCUT2D eigenvalue weighted by molar-refractivity contribution is 5.06. The SMILES string of the molecule is [C]1C=CCC=CC1. The van der Waals surface area contributed by atoms with Gasteiger partial charge in [0.25, 0.3) is 0 Å². The van der Waals surface area contributed by atoms with Gasteiger partial charge in [-0.2, -0.15) is 0 Å². The van der Waals surface area contributed by atoms with Crippen LogP contribution in [0, 0.1) is 6.42 Å². The van der Waals surface area contributed by atoms with Gasteiger partial charge in [-0.3, -0.25) is 0 Å². The summed E-state index contributed by atoms with van der Waals surface area (Å²) in [7, 11) is 0. The predicted octanol–water partition coefficient (Wildman–Crippen LogP) is 1.97. The van der Waals surface area contributed by atoms with E-state index in [9.17, 15) is 0 Å². The second kappa shape index (κ2) is 2.62. The van der Waals surface area contributed by atoms with Gasteiger partial charge in [0.15, 0.2) is 0 Å². The molecule has 0 bridgehead atoms. The summed E-state index contributed by atoms with van der Waals surface area (Å²) in [6.45, 7) is 0. The van der Waals surface area contributed by atoms with E-state index in [4.69, 9.17) is 0 Å². The minimum Gasteiger partial charge on any atom is -0.0873 e. The van der Waals surface area contributed by atoms with E-state index in [1.165, 1.54) is 0 Å². The van der Waals surface area contributed by atoms with Crippen LogP contribution in [0.25, 0.3) is 0 Å². The lowest BCUT2D eigenvalue weighted by atomic mass is 10.3. The first-order valence-corrected chi connectivity index (χ1v) is 2.53. The smallest absolute Gasteiger partial charge is 0.0122 e. The molecule has 0 aromatic carbocycles. The van der Waals surface area contributed by atoms with Crippen molar-refractivity contribution in [2.45, 2.75) is 12.8 Å². The molecule has 1 rings (SSSR count). The van der Waals surface area contributed by atoms with E-state index in [2.05, 4.69) is 24.6 Å². The summed E-state index contributed by atoms with van der Waals surface area (Å²) in [4.78, 5) is 0. The third kappa shape index (κ3) is 1.58. The van der Waals surface area contributed by atoms with Crippen LogP contribution in [0.3, 0.4) is 0 Å². The minimum atomic E-state index is 0.983. The van der Waals surface area contributed by atoms with E-state index in [0.717, 1.165) is 12.8 Å². The van der Waals surface area contributed by atoms with Gasteiger partial charge < -0.3 is 0 Å². The molecule has 0 saturated carbocycles. The van der Waals surface area contributed by atoms with E-state index < -0.39 is 0 Å². The standard InChI is InChI=1S/C7H8/c1-2-4-6-7-5-3-1/h1-2,5,7H,3-4H2. The van der Waals surface area contributed by atoms with Crippen molar-refractivity contribution in [3.8, 4) is 0 Å². The zero-order valence-corrected chi connectivity index (χ0v) is 4.22. The molecule has 7 heavy (non-hydrogen) atoms. The molecule has 0 unspecified atom stereocenters. The third-order valence-corrected chi connectivity index (χ3v) is 0.910. The highest BCUT2D eigenvalue weighted by atomic mass is 13.9. The van der Waals surface area contributed by atoms with Crippen LogP contribution >= 0.6 is 0 Å². The lowest BCUT2D eigenvalue weighted by molar-refractivity contribution is 1.30. The second-order valence-corrected chi connectivity index (χ2v) is 1.52. The number of rotatable bonds is 0. The van der Waals surface area contributed by atoms with Gasteiger partial charge in [-0.25, -0.2) is 0 Å². The molecule has 0 nitrogen and oxygen atoms in total. The Bertz CT molecular complexity index is 76.2. The molecule has 2 radical (unpaired) electrons. The molecule has 0 heterocycles. The number of hydrogen-bond donors (Lipinski definition) is 0. The van der Waals surface area contributed by atoms with Crippen molar-refractivity contribution >= 4 is 0 Å². The Balaban J connectivity index is 2.38. The summed E-state index contributed by atoms with van der Waals surface area (Å²) in [6, 6.07) is 0. The normalized spacial score (nSPS) is 19.4. The van der Waals surface area contributed by atoms with Crippen LogP contribution < -0.4 is 0 Å². The van der Waals surface area contributed by atoms with Crippen molar-refractivity contribution in [1.82, 2.24) is 0 Å². The molecular formula is C7H8. The molecule has 0 spiro atoms. The quantitative estimate of drug-likeness (QED) is 0.401. The van der Waals surface area contributed by atoms with E-state index in [-0.39, 0.29) is 0 Å². The molecule has 0 atom stereocenters. The molecule has 0 aliphatic heterocycles. The summed E-state index contributed by atoms with van der Waals surface area (Å²) in [6.07, 6.45) is 13.5. The maximum atomic E-state index is 3.08. The van der Waals surface area contributed by atoms with E-state index in [1.54, 1.807) is 0 Å². The zero-order chi connectivity index (χ0) is 4.95. The minimum absolute atomic E-state index is 0.983. The summed E-state index contributed by atoms with van der Waals surface area (Å²) in [5.41, 5.74) is 0. The Morgan fingerprint density at radius 2 is 2.14 bits per heavy atom. The summed E-state index contributed by atoms with van der Waals surface area (Å²) < 4.78 is 0. The van der Waals surface area contributed by atoms with Crippen molar-refractivity contribution in [3.63, 3.8) is 0 Å². The summed E-state index contributed by atoms with van der Waals surface area (Å²) in [5.74, 6) is 0. The van der Waals surface area contributed by atoms with Crippen molar-refractivity contribution in [1.29, 1.82) is 0 Å². The fraction of sp³-hybridized carbons (Fsp3) is 0.286. The van der Waals surface area contributed by atoms with Crippen molar-refractivity contribution in [2.75, 3.05) is 0 Å². The van der Waals surface area contributed by atoms with Crippen LogP contribution in [0.15, 0.2) is 24.3 Å². The maximum Gasteiger partial charge on any atom is 0.0122 e. The fourth-order valence-electron chi connectivity index (χ4n) is 0.546. The van der Waals surface area contributed by atoms with Crippen LogP contribution in [-0.2, 0) is 0 Å². The third-order valence-electron chi connectivity index (χ3n) is 0.910. The number of hydrogen-bond acceptors (Lipinski definition) is 0. The van der Waals surface area contributed by atoms with Crippen LogP contribution in [-0.4, -0.2) is 0 Å². The van der Waals surface area contributed by atoms with Gasteiger partial charge in [0.05, 0.1) is 0 Å². The Labute approximate surface area is 44.5 Å². The van der Waals surface area contributed by atoms with Crippen molar-refractivity contribution in [3.05, 3.63) is 30.7 Å². The Morgan fingerprint density at radius 3 is 3.14 bits per heavy atom. The van der Waals surface area contributed by atoms with Gasteiger partial charge in [-0.1, -0.05) is 24.3 Å². The van der Waals surface area contributed by atoms with Gasteiger partial charge in [0.2, 0.25) is 0 Å². The van der Waals surface area contributed by atoms with Crippen LogP contribution in [0.4, 0.5) is 0 Å². The molecule has 1 aliphatic carbocycles. The number of allylic oxidation sites excluding steroid dienone is 4. The zero-order valence-electron chi connectivity index (χ0n) is 4.22. The predicted molar refractivity (Wildman–Crippen MR) is 30.8 cm³/mol. The molecule has 36 valence electrons. The van der Waals surface area contributed by atoms with Crippen molar-refractivity contribution in [2.24, 2.45) is 0 Å². The molecule has 0 heteroatoms. The second-order valence-electron chi connectivity index (χ2n) is 1.52. The molecule has 0 N–H and O–H groups in total. The molecule has 0 saturated heterocycles. The molecule has 0 aromatic rings. The average molecular weight is 92.1 g/mol. The first-order valence-electron chi connectivity index (χ1n) is 2.53. The highest BCUT2D eigenvalue weighted by Crippen LogP contribution is 1.99. The van der Waals surface area contributed by atoms with Crippen LogP contribution in [0.1, 0.15) is 12.8 Å². The van der Waals surface area contributed by atoms with Gasteiger partial charge >= 0.3 is 0 Å². The highest BCUT2D eigenvalue weighted by Gasteiger charge is 1.80. The lowest BCUT2D eigenvalue weighted by Gasteiger charge is -1.74. The van der Waals surface area contributed by atoms with E-state index in [0.29, 0.717) is 0 Å². The van der Waals surface area contributed by atoms with Crippen LogP contribution in [0.2, 0.25) is 0 Å². The monoisotopic (exact) mass is 92.1 g/mol. The molecule has 0 amide bonds. The lowest BCUT2D eigenvalue weighted by Crippen LogP contribution is -1.58. The topological polar surface area (TPSA) is 0 Å². The molecular weight excluding hydrogens is 84.1 g/mol. The first kappa shape index (κ1) is 4.63. The van der Waals surface area contributed by atoms with E-state index in [1.807, 2.05) is 6.08 Å². The Morgan fingerprint density at radius 1 is 1.14 bits per heavy atom. The largest absolute Gasteiger partial charge is 0.0873 e. The summed E-state index contributed by atoms with van der Waals surface area (Å²) in [5, 5.41) is 0. The Kier molecular flexibility index (Phi) is 1.73. The average Bonchev–Trinajstić information content (AvgIpc) is 1.90. The van der Waals surface area contributed by atoms with Crippen molar-refractivity contribution < 1.29 is 0 Å². The molecule has 0 fully saturated rings. The van der Waals surface area contributed by atoms with Gasteiger partial charge in [-0.05, 0) is 12.8 Å². The van der Waals surface area contributed by atoms with Gasteiger partial charge in [-0.15, -0.1) is 0 Å². The molecule has 1 aliphatic rings. The molecule has 0 aromatic heterocycles. The summed E-state index contributed by atoms with van der Waals surface area (Å²) >= 11 is 0. The Hall–Kier alpha value is -0.520. The van der Waals surface area contributed by atoms with Crippen LogP contribution in [0.5, 0.6) is 0 Å². The maximum absolute atomic E-state index is 3.08. The van der Waals surface area contributed by atoms with Gasteiger partial charge in [0.1, 0.15) is 0 Å².